The Kier molecular flexibility index (Phi) is 6.91. The van der Waals surface area contributed by atoms with E-state index in [1.54, 1.807) is 0 Å². The van der Waals surface area contributed by atoms with Crippen molar-refractivity contribution < 1.29 is 0 Å². The molecule has 0 fully saturated rings. The van der Waals surface area contributed by atoms with Gasteiger partial charge in [0.25, 0.3) is 0 Å². The Bertz CT molecular complexity index is 232. The monoisotopic (exact) mass is 193 g/mol. The van der Waals surface area contributed by atoms with Crippen LogP contribution in [0.15, 0.2) is 35.6 Å². The van der Waals surface area contributed by atoms with E-state index in [4.69, 9.17) is 0 Å². The SMILES string of the molecule is C\C=C/C(CCC)=C(\C=C/C)N(C)C. The molecule has 0 aliphatic heterocycles. The predicted molar refractivity (Wildman–Crippen MR) is 65.2 cm³/mol. The Balaban J connectivity index is 5.03. The molecule has 0 bridgehead atoms. The molecule has 0 aromatic rings. The van der Waals surface area contributed by atoms with Crippen LogP contribution in [0, 0.1) is 0 Å². The first-order chi connectivity index (χ1) is 6.67. The smallest absolute Gasteiger partial charge is 0.0390 e. The van der Waals surface area contributed by atoms with Crippen LogP contribution in [0.25, 0.3) is 0 Å². The summed E-state index contributed by atoms with van der Waals surface area (Å²) < 4.78 is 0. The van der Waals surface area contributed by atoms with Crippen LogP contribution in [-0.2, 0) is 0 Å². The third-order valence-electron chi connectivity index (χ3n) is 2.02. The van der Waals surface area contributed by atoms with Gasteiger partial charge in [-0.25, -0.2) is 0 Å². The van der Waals surface area contributed by atoms with Crippen LogP contribution in [0.3, 0.4) is 0 Å². The van der Waals surface area contributed by atoms with Crippen LogP contribution in [0.2, 0.25) is 0 Å². The van der Waals surface area contributed by atoms with Gasteiger partial charge in [0.15, 0.2) is 0 Å². The number of likely N-dealkylation sites (N-methyl/N-ethyl adjacent to an activating group) is 1. The maximum atomic E-state index is 2.21. The van der Waals surface area contributed by atoms with Gasteiger partial charge in [-0.3, -0.25) is 0 Å². The van der Waals surface area contributed by atoms with E-state index in [2.05, 4.69) is 64.1 Å². The van der Waals surface area contributed by atoms with Gasteiger partial charge in [-0.1, -0.05) is 31.6 Å². The molecule has 0 spiro atoms. The lowest BCUT2D eigenvalue weighted by Crippen LogP contribution is -2.11. The minimum atomic E-state index is 1.14. The summed E-state index contributed by atoms with van der Waals surface area (Å²) in [6, 6.07) is 0. The van der Waals surface area contributed by atoms with Crippen molar-refractivity contribution in [2.45, 2.75) is 33.6 Å². The fourth-order valence-corrected chi connectivity index (χ4v) is 1.47. The molecule has 80 valence electrons. The van der Waals surface area contributed by atoms with Crippen molar-refractivity contribution in [1.82, 2.24) is 4.90 Å². The molecule has 0 N–H and O–H groups in total. The van der Waals surface area contributed by atoms with Gasteiger partial charge < -0.3 is 4.90 Å². The lowest BCUT2D eigenvalue weighted by atomic mass is 10.1. The highest BCUT2D eigenvalue weighted by atomic mass is 15.1. The van der Waals surface area contributed by atoms with Crippen LogP contribution >= 0.6 is 0 Å². The zero-order chi connectivity index (χ0) is 11.0. The van der Waals surface area contributed by atoms with Gasteiger partial charge in [-0.2, -0.15) is 0 Å². The maximum absolute atomic E-state index is 2.21. The summed E-state index contributed by atoms with van der Waals surface area (Å²) in [6.07, 6.45) is 10.9. The topological polar surface area (TPSA) is 3.24 Å². The van der Waals surface area contributed by atoms with Crippen molar-refractivity contribution in [2.24, 2.45) is 0 Å². The lowest BCUT2D eigenvalue weighted by Gasteiger charge is -2.17. The number of hydrogen-bond acceptors (Lipinski definition) is 1. The predicted octanol–water partition coefficient (Wildman–Crippen LogP) is 3.75. The lowest BCUT2D eigenvalue weighted by molar-refractivity contribution is 0.521. The van der Waals surface area contributed by atoms with Gasteiger partial charge in [-0.05, 0) is 31.9 Å². The van der Waals surface area contributed by atoms with Gasteiger partial charge in [0.2, 0.25) is 0 Å². The molecule has 0 aliphatic rings. The summed E-state index contributed by atoms with van der Waals surface area (Å²) in [4.78, 5) is 2.17. The summed E-state index contributed by atoms with van der Waals surface area (Å²) >= 11 is 0. The number of allylic oxidation sites excluding steroid dienone is 5. The van der Waals surface area contributed by atoms with E-state index in [1.165, 1.54) is 17.7 Å². The first kappa shape index (κ1) is 13.0. The van der Waals surface area contributed by atoms with Crippen LogP contribution in [-0.4, -0.2) is 19.0 Å². The van der Waals surface area contributed by atoms with Gasteiger partial charge in [-0.15, -0.1) is 0 Å². The minimum Gasteiger partial charge on any atom is -0.377 e. The molecule has 0 saturated carbocycles. The zero-order valence-corrected chi connectivity index (χ0v) is 10.2. The molecule has 0 atom stereocenters. The normalized spacial score (nSPS) is 13.8. The zero-order valence-electron chi connectivity index (χ0n) is 10.2. The van der Waals surface area contributed by atoms with Crippen molar-refractivity contribution in [3.63, 3.8) is 0 Å². The van der Waals surface area contributed by atoms with E-state index in [0.717, 1.165) is 6.42 Å². The number of nitrogens with zero attached hydrogens (tertiary/aromatic N) is 1. The van der Waals surface area contributed by atoms with Crippen molar-refractivity contribution in [3.05, 3.63) is 35.6 Å². The third-order valence-corrected chi connectivity index (χ3v) is 2.02. The second-order valence-corrected chi connectivity index (χ2v) is 3.55. The summed E-state index contributed by atoms with van der Waals surface area (Å²) in [5, 5.41) is 0. The van der Waals surface area contributed by atoms with E-state index >= 15 is 0 Å². The second-order valence-electron chi connectivity index (χ2n) is 3.55. The van der Waals surface area contributed by atoms with Crippen molar-refractivity contribution in [1.29, 1.82) is 0 Å². The largest absolute Gasteiger partial charge is 0.377 e. The molecule has 0 unspecified atom stereocenters. The highest BCUT2D eigenvalue weighted by Crippen LogP contribution is 2.16. The van der Waals surface area contributed by atoms with E-state index in [-0.39, 0.29) is 0 Å². The average molecular weight is 193 g/mol. The Hall–Kier alpha value is -0.980. The summed E-state index contributed by atoms with van der Waals surface area (Å²) in [5.74, 6) is 0. The van der Waals surface area contributed by atoms with Crippen LogP contribution < -0.4 is 0 Å². The van der Waals surface area contributed by atoms with E-state index < -0.39 is 0 Å². The minimum absolute atomic E-state index is 1.14. The number of hydrogen-bond donors (Lipinski definition) is 0. The van der Waals surface area contributed by atoms with E-state index in [9.17, 15) is 0 Å². The van der Waals surface area contributed by atoms with E-state index in [1.807, 2.05) is 0 Å². The summed E-state index contributed by atoms with van der Waals surface area (Å²) in [7, 11) is 4.18. The van der Waals surface area contributed by atoms with Gasteiger partial charge in [0.1, 0.15) is 0 Å². The van der Waals surface area contributed by atoms with Crippen molar-refractivity contribution in [2.75, 3.05) is 14.1 Å². The first-order valence-electron chi connectivity index (χ1n) is 5.33. The molecule has 0 aliphatic carbocycles. The highest BCUT2D eigenvalue weighted by molar-refractivity contribution is 5.31. The average Bonchev–Trinajstić information content (AvgIpc) is 2.13. The molecular formula is C13H23N. The molecular weight excluding hydrogens is 170 g/mol. The highest BCUT2D eigenvalue weighted by Gasteiger charge is 2.01. The second kappa shape index (κ2) is 7.43. The summed E-state index contributed by atoms with van der Waals surface area (Å²) in [6.45, 7) is 6.34. The third kappa shape index (κ3) is 4.31. The maximum Gasteiger partial charge on any atom is 0.0390 e. The first-order valence-corrected chi connectivity index (χ1v) is 5.33. The molecule has 0 saturated heterocycles. The molecule has 0 heterocycles. The quantitative estimate of drug-likeness (QED) is 0.601. The van der Waals surface area contributed by atoms with Crippen LogP contribution in [0.4, 0.5) is 0 Å². The van der Waals surface area contributed by atoms with Crippen molar-refractivity contribution >= 4 is 0 Å². The van der Waals surface area contributed by atoms with Crippen molar-refractivity contribution in [3.8, 4) is 0 Å². The Labute approximate surface area is 88.8 Å². The molecule has 1 heteroatoms. The van der Waals surface area contributed by atoms with Gasteiger partial charge in [0.05, 0.1) is 0 Å². The van der Waals surface area contributed by atoms with Crippen LogP contribution in [0.5, 0.6) is 0 Å². The molecule has 0 radical (unpaired) electrons. The van der Waals surface area contributed by atoms with Gasteiger partial charge >= 0.3 is 0 Å². The molecule has 0 aromatic carbocycles. The molecule has 0 rings (SSSR count). The Morgan fingerprint density at radius 3 is 2.00 bits per heavy atom. The fourth-order valence-electron chi connectivity index (χ4n) is 1.47. The molecule has 1 nitrogen and oxygen atoms in total. The Morgan fingerprint density at radius 1 is 1.07 bits per heavy atom. The molecule has 0 aromatic heterocycles. The number of rotatable bonds is 5. The van der Waals surface area contributed by atoms with Crippen LogP contribution in [0.1, 0.15) is 33.6 Å². The Morgan fingerprint density at radius 2 is 1.64 bits per heavy atom. The standard InChI is InChI=1S/C13H23N/c1-6-9-12(10-7-2)13(11-8-3)14(4)5/h6,8-9,11H,7,10H2,1-5H3/b9-6-,11-8-,13-12-. The fraction of sp³-hybridized carbons (Fsp3) is 0.538. The summed E-state index contributed by atoms with van der Waals surface area (Å²) in [5.41, 5.74) is 2.73. The molecule has 0 amide bonds. The molecule has 14 heavy (non-hydrogen) atoms. The van der Waals surface area contributed by atoms with Gasteiger partial charge in [0, 0.05) is 19.8 Å². The van der Waals surface area contributed by atoms with E-state index in [0.29, 0.717) is 0 Å².